The highest BCUT2D eigenvalue weighted by atomic mass is 16.8. The summed E-state index contributed by atoms with van der Waals surface area (Å²) in [7, 11) is 0. The highest BCUT2D eigenvalue weighted by Crippen LogP contribution is 2.20. The minimum atomic E-state index is -1.05. The standard InChI is InChI=1S/C16H20N2O7/c19-17(20)13-5-1-3-7-15(13)24-11-9-23-10-12-25-16-8-4-2-6-14(16)18(21)22/h1-8,17-19,21H,9-12H2. The van der Waals surface area contributed by atoms with E-state index in [0.717, 1.165) is 0 Å². The van der Waals surface area contributed by atoms with Crippen LogP contribution in [-0.2, 0) is 4.74 Å². The monoisotopic (exact) mass is 352 g/mol. The van der Waals surface area contributed by atoms with Gasteiger partial charge in [-0.2, -0.15) is 10.5 Å². The summed E-state index contributed by atoms with van der Waals surface area (Å²) < 4.78 is 16.1. The summed E-state index contributed by atoms with van der Waals surface area (Å²) in [5, 5.41) is 38.0. The van der Waals surface area contributed by atoms with Gasteiger partial charge in [0.2, 0.25) is 11.4 Å². The van der Waals surface area contributed by atoms with Gasteiger partial charge in [-0.1, -0.05) is 24.3 Å². The Morgan fingerprint density at radius 3 is 1.48 bits per heavy atom. The van der Waals surface area contributed by atoms with Crippen LogP contribution in [0.5, 0.6) is 11.5 Å². The average Bonchev–Trinajstić information content (AvgIpc) is 2.61. The number of nitrogens with one attached hydrogen (secondary N) is 2. The third kappa shape index (κ3) is 5.96. The Morgan fingerprint density at radius 1 is 0.680 bits per heavy atom. The molecule has 0 aliphatic heterocycles. The van der Waals surface area contributed by atoms with E-state index in [-0.39, 0.29) is 49.3 Å². The quantitative estimate of drug-likeness (QED) is 0.350. The topological polar surface area (TPSA) is 123 Å². The summed E-state index contributed by atoms with van der Waals surface area (Å²) in [6, 6.07) is 12.7. The first-order chi connectivity index (χ1) is 12.1. The number of quaternary nitrogens is 2. The van der Waals surface area contributed by atoms with Crippen molar-refractivity contribution in [2.24, 2.45) is 0 Å². The van der Waals surface area contributed by atoms with Gasteiger partial charge in [0.1, 0.15) is 13.2 Å². The predicted octanol–water partition coefficient (Wildman–Crippen LogP) is -0.0322. The van der Waals surface area contributed by atoms with Crippen molar-refractivity contribution in [1.29, 1.82) is 0 Å². The molecule has 0 spiro atoms. The zero-order valence-electron chi connectivity index (χ0n) is 13.4. The van der Waals surface area contributed by atoms with E-state index >= 15 is 0 Å². The molecule has 2 unspecified atom stereocenters. The van der Waals surface area contributed by atoms with Crippen molar-refractivity contribution < 1.29 is 35.1 Å². The first-order valence-corrected chi connectivity index (χ1v) is 7.57. The minimum Gasteiger partial charge on any atom is -0.595 e. The van der Waals surface area contributed by atoms with E-state index in [1.807, 2.05) is 0 Å². The third-order valence-electron chi connectivity index (χ3n) is 3.21. The number of hydrogen-bond donors (Lipinski definition) is 4. The summed E-state index contributed by atoms with van der Waals surface area (Å²) in [6.07, 6.45) is 0. The number of ether oxygens (including phenoxy) is 3. The molecule has 2 atom stereocenters. The molecule has 0 bridgehead atoms. The summed E-state index contributed by atoms with van der Waals surface area (Å²) in [4.78, 5) is 0. The van der Waals surface area contributed by atoms with Crippen LogP contribution in [0.2, 0.25) is 0 Å². The van der Waals surface area contributed by atoms with Crippen LogP contribution in [0, 0.1) is 10.4 Å². The lowest BCUT2D eigenvalue weighted by Gasteiger charge is -2.16. The normalized spacial score (nSPS) is 13.3. The second-order valence-corrected chi connectivity index (χ2v) is 4.91. The zero-order valence-corrected chi connectivity index (χ0v) is 13.4. The molecule has 9 nitrogen and oxygen atoms in total. The Labute approximate surface area is 144 Å². The van der Waals surface area contributed by atoms with Gasteiger partial charge < -0.3 is 24.6 Å². The predicted molar refractivity (Wildman–Crippen MR) is 86.2 cm³/mol. The van der Waals surface area contributed by atoms with Gasteiger partial charge in [-0.3, -0.25) is 0 Å². The number of benzene rings is 2. The fourth-order valence-corrected chi connectivity index (χ4v) is 2.06. The smallest absolute Gasteiger partial charge is 0.206 e. The van der Waals surface area contributed by atoms with Crippen molar-refractivity contribution >= 4 is 11.4 Å². The molecule has 0 aliphatic carbocycles. The Hall–Kier alpha value is -2.24. The minimum absolute atomic E-state index is 0.0936. The molecule has 0 radical (unpaired) electrons. The first-order valence-electron chi connectivity index (χ1n) is 7.57. The van der Waals surface area contributed by atoms with E-state index < -0.39 is 10.5 Å². The van der Waals surface area contributed by atoms with Gasteiger partial charge in [-0.25, -0.2) is 10.4 Å². The second kappa shape index (κ2) is 9.91. The van der Waals surface area contributed by atoms with Crippen LogP contribution in [0.3, 0.4) is 0 Å². The van der Waals surface area contributed by atoms with Gasteiger partial charge in [0, 0.05) is 12.1 Å². The highest BCUT2D eigenvalue weighted by Gasteiger charge is 2.10. The lowest BCUT2D eigenvalue weighted by molar-refractivity contribution is -0.991. The van der Waals surface area contributed by atoms with Gasteiger partial charge in [0.05, 0.1) is 13.2 Å². The summed E-state index contributed by atoms with van der Waals surface area (Å²) in [6.45, 7) is 0.877. The Morgan fingerprint density at radius 2 is 1.08 bits per heavy atom. The first kappa shape index (κ1) is 19.1. The van der Waals surface area contributed by atoms with E-state index in [2.05, 4.69) is 0 Å². The van der Waals surface area contributed by atoms with Crippen molar-refractivity contribution in [1.82, 2.24) is 0 Å². The van der Waals surface area contributed by atoms with Gasteiger partial charge >= 0.3 is 0 Å². The van der Waals surface area contributed by atoms with Crippen LogP contribution in [0.4, 0.5) is 11.4 Å². The SMILES string of the molecule is [O-][NH+](O)c1ccccc1OCCOCCOc1ccccc1[NH+]([O-])O. The van der Waals surface area contributed by atoms with Gasteiger partial charge in [-0.05, 0) is 12.1 Å². The van der Waals surface area contributed by atoms with Gasteiger partial charge in [0.25, 0.3) is 0 Å². The molecular formula is C16H20N2O7. The molecule has 136 valence electrons. The van der Waals surface area contributed by atoms with Crippen molar-refractivity contribution in [3.8, 4) is 11.5 Å². The Bertz CT molecular complexity index is 596. The van der Waals surface area contributed by atoms with Crippen LogP contribution in [0.15, 0.2) is 48.5 Å². The molecule has 0 aliphatic rings. The van der Waals surface area contributed by atoms with Crippen LogP contribution in [-0.4, -0.2) is 36.8 Å². The van der Waals surface area contributed by atoms with Crippen LogP contribution in [0.1, 0.15) is 0 Å². The second-order valence-electron chi connectivity index (χ2n) is 4.91. The maximum absolute atomic E-state index is 11.0. The van der Waals surface area contributed by atoms with Crippen LogP contribution < -0.4 is 19.9 Å². The zero-order chi connectivity index (χ0) is 18.1. The van der Waals surface area contributed by atoms with Crippen LogP contribution >= 0.6 is 0 Å². The number of rotatable bonds is 10. The van der Waals surface area contributed by atoms with E-state index in [9.17, 15) is 10.4 Å². The Kier molecular flexibility index (Phi) is 7.57. The van der Waals surface area contributed by atoms with Crippen LogP contribution in [0.25, 0.3) is 0 Å². The fourth-order valence-electron chi connectivity index (χ4n) is 2.06. The van der Waals surface area contributed by atoms with Crippen molar-refractivity contribution in [2.75, 3.05) is 26.4 Å². The molecule has 0 saturated carbocycles. The van der Waals surface area contributed by atoms with Crippen molar-refractivity contribution in [2.45, 2.75) is 0 Å². The molecule has 2 aromatic carbocycles. The number of para-hydroxylation sites is 4. The van der Waals surface area contributed by atoms with Gasteiger partial charge in [0.15, 0.2) is 11.5 Å². The van der Waals surface area contributed by atoms with Crippen molar-refractivity contribution in [3.05, 3.63) is 58.9 Å². The summed E-state index contributed by atoms with van der Waals surface area (Å²) in [5.74, 6) is 0.565. The average molecular weight is 352 g/mol. The molecule has 2 rings (SSSR count). The molecule has 0 amide bonds. The molecule has 0 aromatic heterocycles. The Balaban J connectivity index is 1.66. The van der Waals surface area contributed by atoms with E-state index in [1.54, 1.807) is 36.4 Å². The lowest BCUT2D eigenvalue weighted by atomic mass is 10.3. The maximum Gasteiger partial charge on any atom is 0.206 e. The summed E-state index contributed by atoms with van der Waals surface area (Å²) in [5.41, 5.74) is 0.187. The molecular weight excluding hydrogens is 332 g/mol. The highest BCUT2D eigenvalue weighted by molar-refractivity contribution is 5.45. The third-order valence-corrected chi connectivity index (χ3v) is 3.21. The molecule has 0 saturated heterocycles. The summed E-state index contributed by atoms with van der Waals surface area (Å²) >= 11 is 0. The fraction of sp³-hybridized carbons (Fsp3) is 0.250. The number of hydrogen-bond acceptors (Lipinski definition) is 7. The molecule has 4 N–H and O–H groups in total. The molecule has 25 heavy (non-hydrogen) atoms. The molecule has 2 aromatic rings. The molecule has 9 heteroatoms. The largest absolute Gasteiger partial charge is 0.595 e. The lowest BCUT2D eigenvalue weighted by Crippen LogP contribution is -2.99. The van der Waals surface area contributed by atoms with E-state index in [1.165, 1.54) is 12.1 Å². The van der Waals surface area contributed by atoms with E-state index in [4.69, 9.17) is 24.6 Å². The van der Waals surface area contributed by atoms with E-state index in [0.29, 0.717) is 0 Å². The molecule has 0 fully saturated rings. The maximum atomic E-state index is 11.0. The van der Waals surface area contributed by atoms with Gasteiger partial charge in [-0.15, -0.1) is 0 Å². The van der Waals surface area contributed by atoms with Crippen molar-refractivity contribution in [3.63, 3.8) is 0 Å². The molecule has 0 heterocycles.